The van der Waals surface area contributed by atoms with Gasteiger partial charge in [-0.2, -0.15) is 0 Å². The first-order valence-electron chi connectivity index (χ1n) is 10.7. The van der Waals surface area contributed by atoms with E-state index in [1.54, 1.807) is 24.5 Å². The smallest absolute Gasteiger partial charge is 0.288 e. The molecule has 0 aliphatic heterocycles. The fourth-order valence-corrected chi connectivity index (χ4v) is 3.51. The molecule has 8 heteroatoms. The Morgan fingerprint density at radius 3 is 2.32 bits per heavy atom. The van der Waals surface area contributed by atoms with Crippen LogP contribution in [0, 0.1) is 11.8 Å². The molecule has 2 aromatic rings. The topological polar surface area (TPSA) is 121 Å². The first kappa shape index (κ1) is 24.1. The van der Waals surface area contributed by atoms with Gasteiger partial charge in [-0.15, -0.1) is 0 Å². The van der Waals surface area contributed by atoms with Gasteiger partial charge in [0.1, 0.15) is 5.76 Å². The molecule has 0 fully saturated rings. The molecule has 1 aromatic carbocycles. The van der Waals surface area contributed by atoms with E-state index in [-0.39, 0.29) is 18.3 Å². The second-order valence-electron chi connectivity index (χ2n) is 7.35. The van der Waals surface area contributed by atoms with Crippen LogP contribution in [-0.2, 0) is 9.59 Å². The Labute approximate surface area is 182 Å². The zero-order chi connectivity index (χ0) is 22.6. The number of nitrogens with one attached hydrogen (secondary N) is 3. The maximum absolute atomic E-state index is 12.7. The predicted molar refractivity (Wildman–Crippen MR) is 116 cm³/mol. The van der Waals surface area contributed by atoms with E-state index in [2.05, 4.69) is 17.6 Å². The first-order valence-corrected chi connectivity index (χ1v) is 10.7. The van der Waals surface area contributed by atoms with Crippen molar-refractivity contribution in [1.29, 1.82) is 0 Å². The number of hydroxylamine groups is 1. The van der Waals surface area contributed by atoms with Gasteiger partial charge in [0, 0.05) is 11.5 Å². The molecule has 8 nitrogen and oxygen atoms in total. The van der Waals surface area contributed by atoms with E-state index in [0.717, 1.165) is 24.8 Å². The van der Waals surface area contributed by atoms with Crippen LogP contribution >= 0.6 is 0 Å². The van der Waals surface area contributed by atoms with Crippen LogP contribution in [0.1, 0.15) is 56.5 Å². The van der Waals surface area contributed by atoms with Crippen molar-refractivity contribution < 1.29 is 24.0 Å². The largest absolute Gasteiger partial charge is 0.451 e. The third kappa shape index (κ3) is 6.96. The molecule has 4 N–H and O–H groups in total. The van der Waals surface area contributed by atoms with Gasteiger partial charge in [-0.05, 0) is 25.0 Å². The summed E-state index contributed by atoms with van der Waals surface area (Å²) in [4.78, 5) is 37.0. The highest BCUT2D eigenvalue weighted by atomic mass is 16.5. The van der Waals surface area contributed by atoms with Gasteiger partial charge in [-0.1, -0.05) is 63.4 Å². The van der Waals surface area contributed by atoms with Gasteiger partial charge in [-0.3, -0.25) is 19.6 Å². The monoisotopic (exact) mass is 429 g/mol. The van der Waals surface area contributed by atoms with Crippen LogP contribution in [0.15, 0.2) is 46.9 Å². The van der Waals surface area contributed by atoms with Crippen LogP contribution < -0.4 is 16.1 Å². The third-order valence-corrected chi connectivity index (χ3v) is 5.23. The lowest BCUT2D eigenvalue weighted by Gasteiger charge is -2.24. The molecule has 0 radical (unpaired) electrons. The van der Waals surface area contributed by atoms with E-state index in [1.165, 1.54) is 0 Å². The summed E-state index contributed by atoms with van der Waals surface area (Å²) in [5.74, 6) is -1.89. The number of rotatable bonds is 12. The second kappa shape index (κ2) is 12.5. The van der Waals surface area contributed by atoms with Crippen LogP contribution in [0.3, 0.4) is 0 Å². The molecule has 0 spiro atoms. The van der Waals surface area contributed by atoms with Crippen LogP contribution in [0.5, 0.6) is 0 Å². The second-order valence-corrected chi connectivity index (χ2v) is 7.35. The van der Waals surface area contributed by atoms with Crippen LogP contribution in [0.25, 0.3) is 11.3 Å². The minimum Gasteiger partial charge on any atom is -0.451 e. The predicted octanol–water partition coefficient (Wildman–Crippen LogP) is 3.48. The van der Waals surface area contributed by atoms with Gasteiger partial charge in [-0.25, -0.2) is 5.48 Å². The molecule has 1 aromatic heterocycles. The van der Waals surface area contributed by atoms with E-state index in [9.17, 15) is 14.4 Å². The number of carbonyl (C=O) groups is 3. The van der Waals surface area contributed by atoms with E-state index in [1.807, 2.05) is 30.3 Å². The Morgan fingerprint density at radius 2 is 1.68 bits per heavy atom. The Hall–Kier alpha value is -3.13. The molecule has 0 bridgehead atoms. The zero-order valence-corrected chi connectivity index (χ0v) is 18.0. The van der Waals surface area contributed by atoms with Crippen molar-refractivity contribution >= 4 is 17.7 Å². The average Bonchev–Trinajstić information content (AvgIpc) is 3.29. The van der Waals surface area contributed by atoms with Gasteiger partial charge < -0.3 is 15.1 Å². The van der Waals surface area contributed by atoms with Crippen molar-refractivity contribution in [2.45, 2.75) is 46.0 Å². The summed E-state index contributed by atoms with van der Waals surface area (Å²) in [5.41, 5.74) is 2.51. The van der Waals surface area contributed by atoms with E-state index >= 15 is 0 Å². The Morgan fingerprint density at radius 1 is 0.935 bits per heavy atom. The van der Waals surface area contributed by atoms with E-state index in [4.69, 9.17) is 9.62 Å². The molecule has 0 saturated heterocycles. The highest BCUT2D eigenvalue weighted by Crippen LogP contribution is 2.23. The summed E-state index contributed by atoms with van der Waals surface area (Å²) in [6.45, 7) is 3.75. The van der Waals surface area contributed by atoms with Crippen LogP contribution in [0.4, 0.5) is 0 Å². The van der Waals surface area contributed by atoms with Gasteiger partial charge in [0.25, 0.3) is 5.91 Å². The van der Waals surface area contributed by atoms with Gasteiger partial charge in [0.05, 0.1) is 12.6 Å². The van der Waals surface area contributed by atoms with E-state index < -0.39 is 23.7 Å². The number of hydrogen-bond donors (Lipinski definition) is 4. The maximum Gasteiger partial charge on any atom is 0.288 e. The van der Waals surface area contributed by atoms with Crippen LogP contribution in [-0.4, -0.2) is 29.6 Å². The SMILES string of the molecule is CCCCC[C@@H](C(=O)NCNC(=O)c1ccc(-c2ccccc2)o1)[C@@H](CC)C(=O)NO. The average molecular weight is 430 g/mol. The zero-order valence-electron chi connectivity index (χ0n) is 18.0. The van der Waals surface area contributed by atoms with Gasteiger partial charge >= 0.3 is 0 Å². The fraction of sp³-hybridized carbons (Fsp3) is 0.435. The lowest BCUT2D eigenvalue weighted by atomic mass is 9.84. The Kier molecular flexibility index (Phi) is 9.77. The summed E-state index contributed by atoms with van der Waals surface area (Å²) >= 11 is 0. The molecule has 2 rings (SSSR count). The normalized spacial score (nSPS) is 12.6. The Balaban J connectivity index is 1.93. The molecule has 31 heavy (non-hydrogen) atoms. The van der Waals surface area contributed by atoms with Crippen molar-refractivity contribution in [2.24, 2.45) is 11.8 Å². The summed E-state index contributed by atoms with van der Waals surface area (Å²) in [6, 6.07) is 12.7. The summed E-state index contributed by atoms with van der Waals surface area (Å²) in [6.07, 6.45) is 3.67. The fourth-order valence-electron chi connectivity index (χ4n) is 3.51. The minimum absolute atomic E-state index is 0.0967. The van der Waals surface area contributed by atoms with Gasteiger partial charge in [0.15, 0.2) is 5.76 Å². The lowest BCUT2D eigenvalue weighted by molar-refractivity contribution is -0.140. The third-order valence-electron chi connectivity index (χ3n) is 5.23. The van der Waals surface area contributed by atoms with E-state index in [0.29, 0.717) is 18.6 Å². The molecule has 0 saturated carbocycles. The number of benzene rings is 1. The molecule has 0 aliphatic carbocycles. The van der Waals surface area contributed by atoms with Crippen molar-refractivity contribution in [3.8, 4) is 11.3 Å². The number of unbranched alkanes of at least 4 members (excludes halogenated alkanes) is 2. The summed E-state index contributed by atoms with van der Waals surface area (Å²) < 4.78 is 5.60. The van der Waals surface area contributed by atoms with Crippen molar-refractivity contribution in [3.63, 3.8) is 0 Å². The molecule has 0 aliphatic rings. The number of carbonyl (C=O) groups excluding carboxylic acids is 3. The quantitative estimate of drug-likeness (QED) is 0.178. The summed E-state index contributed by atoms with van der Waals surface area (Å²) in [5, 5.41) is 14.3. The molecular formula is C23H31N3O5. The lowest BCUT2D eigenvalue weighted by Crippen LogP contribution is -2.44. The molecule has 3 amide bonds. The van der Waals surface area contributed by atoms with Crippen molar-refractivity contribution in [2.75, 3.05) is 6.67 Å². The number of furan rings is 1. The number of hydrogen-bond acceptors (Lipinski definition) is 5. The maximum atomic E-state index is 12.7. The standard InChI is InChI=1S/C23H31N3O5/c1-3-5-7-12-18(17(4-2)22(28)26-30)21(27)24-15-25-23(29)20-14-13-19(31-20)16-10-8-6-9-11-16/h6,8-11,13-14,17-18,30H,3-5,7,12,15H2,1-2H3,(H,24,27)(H,25,29)(H,26,28)/t17-,18-/m1/s1. The van der Waals surface area contributed by atoms with Crippen molar-refractivity contribution in [1.82, 2.24) is 16.1 Å². The molecular weight excluding hydrogens is 398 g/mol. The molecule has 0 unspecified atom stereocenters. The van der Waals surface area contributed by atoms with Crippen molar-refractivity contribution in [3.05, 3.63) is 48.2 Å². The molecule has 168 valence electrons. The highest BCUT2D eigenvalue weighted by molar-refractivity contribution is 5.92. The molecule has 1 heterocycles. The number of amides is 3. The van der Waals surface area contributed by atoms with Crippen LogP contribution in [0.2, 0.25) is 0 Å². The van der Waals surface area contributed by atoms with Gasteiger partial charge in [0.2, 0.25) is 11.8 Å². The first-order chi connectivity index (χ1) is 15.0. The highest BCUT2D eigenvalue weighted by Gasteiger charge is 2.31. The Bertz CT molecular complexity index is 850. The molecule has 2 atom stereocenters. The minimum atomic E-state index is -0.643. The summed E-state index contributed by atoms with van der Waals surface area (Å²) in [7, 11) is 0.